The van der Waals surface area contributed by atoms with Crippen LogP contribution in [0.2, 0.25) is 0 Å². The number of rotatable bonds is 7. The minimum Gasteiger partial charge on any atom is -0.344 e. The van der Waals surface area contributed by atoms with Crippen LogP contribution in [0.1, 0.15) is 46.6 Å². The summed E-state index contributed by atoms with van der Waals surface area (Å²) in [5.41, 5.74) is 0.920. The number of hydrogen-bond acceptors (Lipinski definition) is 3. The molecule has 0 bridgehead atoms. The highest BCUT2D eigenvalue weighted by atomic mass is 16.2. The Morgan fingerprint density at radius 3 is 2.30 bits per heavy atom. The van der Waals surface area contributed by atoms with Gasteiger partial charge in [0.2, 0.25) is 11.8 Å². The quantitative estimate of drug-likeness (QED) is 0.716. The molecule has 0 aromatic heterocycles. The van der Waals surface area contributed by atoms with E-state index in [-0.39, 0.29) is 42.3 Å². The second-order valence-electron chi connectivity index (χ2n) is 8.52. The van der Waals surface area contributed by atoms with Crippen LogP contribution >= 0.6 is 0 Å². The first-order valence-corrected chi connectivity index (χ1v) is 10.9. The summed E-state index contributed by atoms with van der Waals surface area (Å²) in [6.45, 7) is 11.2. The average Bonchev–Trinajstić information content (AvgIpc) is 2.71. The Kier molecular flexibility index (Phi) is 8.69. The standard InChI is InChI=1S/C23H36N4O3/c1-6-17(4)21(25-20(28)14-19-10-8-7-9-11-19)22(29)26-12-13-27(18(5)15-26)23(30)24-16(2)3/h7-11,16-18,21H,6,12-15H2,1-5H3,(H,24,30)(H,25,28). The summed E-state index contributed by atoms with van der Waals surface area (Å²) in [5.74, 6) is -0.195. The van der Waals surface area contributed by atoms with Gasteiger partial charge in [0.1, 0.15) is 6.04 Å². The van der Waals surface area contributed by atoms with Gasteiger partial charge in [-0.3, -0.25) is 9.59 Å². The molecule has 1 aromatic rings. The number of hydrogen-bond donors (Lipinski definition) is 2. The maximum absolute atomic E-state index is 13.3. The molecule has 1 saturated heterocycles. The SMILES string of the molecule is CCC(C)C(NC(=O)Cc1ccccc1)C(=O)N1CCN(C(=O)NC(C)C)C(C)C1. The first-order valence-electron chi connectivity index (χ1n) is 10.9. The summed E-state index contributed by atoms with van der Waals surface area (Å²) < 4.78 is 0. The van der Waals surface area contributed by atoms with Gasteiger partial charge >= 0.3 is 6.03 Å². The molecular formula is C23H36N4O3. The van der Waals surface area contributed by atoms with E-state index in [1.54, 1.807) is 9.80 Å². The molecule has 7 heteroatoms. The number of nitrogens with one attached hydrogen (secondary N) is 2. The molecule has 30 heavy (non-hydrogen) atoms. The van der Waals surface area contributed by atoms with Gasteiger partial charge in [0, 0.05) is 31.7 Å². The van der Waals surface area contributed by atoms with Crippen LogP contribution in [0.4, 0.5) is 4.79 Å². The smallest absolute Gasteiger partial charge is 0.317 e. The first kappa shape index (κ1) is 23.7. The minimum absolute atomic E-state index is 0.0230. The van der Waals surface area contributed by atoms with E-state index in [2.05, 4.69) is 10.6 Å². The Morgan fingerprint density at radius 1 is 1.07 bits per heavy atom. The molecule has 0 radical (unpaired) electrons. The molecule has 3 atom stereocenters. The molecule has 0 aliphatic carbocycles. The fourth-order valence-corrected chi connectivity index (χ4v) is 3.67. The zero-order valence-electron chi connectivity index (χ0n) is 18.9. The van der Waals surface area contributed by atoms with Crippen LogP contribution in [0.3, 0.4) is 0 Å². The highest BCUT2D eigenvalue weighted by Crippen LogP contribution is 2.16. The number of piperazine rings is 1. The Bertz CT molecular complexity index is 722. The van der Waals surface area contributed by atoms with Crippen molar-refractivity contribution < 1.29 is 14.4 Å². The molecule has 3 unspecified atom stereocenters. The van der Waals surface area contributed by atoms with Gasteiger partial charge in [-0.2, -0.15) is 0 Å². The lowest BCUT2D eigenvalue weighted by molar-refractivity contribution is -0.139. The minimum atomic E-state index is -0.561. The van der Waals surface area contributed by atoms with E-state index in [4.69, 9.17) is 0 Å². The predicted octanol–water partition coefficient (Wildman–Crippen LogP) is 2.41. The van der Waals surface area contributed by atoms with Gasteiger partial charge < -0.3 is 20.4 Å². The van der Waals surface area contributed by atoms with E-state index in [1.165, 1.54) is 0 Å². The Balaban J connectivity index is 2.01. The van der Waals surface area contributed by atoms with Gasteiger partial charge in [-0.25, -0.2) is 4.79 Å². The number of amides is 4. The predicted molar refractivity (Wildman–Crippen MR) is 118 cm³/mol. The molecule has 1 aromatic carbocycles. The van der Waals surface area contributed by atoms with Crippen molar-refractivity contribution in [2.45, 2.75) is 65.6 Å². The van der Waals surface area contributed by atoms with Gasteiger partial charge in [-0.1, -0.05) is 50.6 Å². The van der Waals surface area contributed by atoms with Gasteiger partial charge in [-0.15, -0.1) is 0 Å². The summed E-state index contributed by atoms with van der Waals surface area (Å²) in [6.07, 6.45) is 1.04. The fourth-order valence-electron chi connectivity index (χ4n) is 3.67. The monoisotopic (exact) mass is 416 g/mol. The van der Waals surface area contributed by atoms with Crippen molar-refractivity contribution in [3.05, 3.63) is 35.9 Å². The van der Waals surface area contributed by atoms with Crippen LogP contribution in [0, 0.1) is 5.92 Å². The molecule has 1 heterocycles. The highest BCUT2D eigenvalue weighted by Gasteiger charge is 2.35. The normalized spacial score (nSPS) is 18.7. The molecule has 0 spiro atoms. The Morgan fingerprint density at radius 2 is 1.73 bits per heavy atom. The van der Waals surface area contributed by atoms with E-state index in [0.29, 0.717) is 19.6 Å². The van der Waals surface area contributed by atoms with Gasteiger partial charge in [-0.05, 0) is 32.3 Å². The molecule has 2 N–H and O–H groups in total. The van der Waals surface area contributed by atoms with E-state index >= 15 is 0 Å². The Hall–Kier alpha value is -2.57. The maximum atomic E-state index is 13.3. The number of carbonyl (C=O) groups excluding carboxylic acids is 3. The zero-order chi connectivity index (χ0) is 22.3. The van der Waals surface area contributed by atoms with Crippen LogP contribution in [0.5, 0.6) is 0 Å². The molecule has 1 aliphatic rings. The third-order valence-electron chi connectivity index (χ3n) is 5.62. The third kappa shape index (κ3) is 6.47. The van der Waals surface area contributed by atoms with E-state index < -0.39 is 6.04 Å². The van der Waals surface area contributed by atoms with Crippen molar-refractivity contribution in [2.24, 2.45) is 5.92 Å². The topological polar surface area (TPSA) is 81.8 Å². The van der Waals surface area contributed by atoms with Crippen molar-refractivity contribution in [3.63, 3.8) is 0 Å². The van der Waals surface area contributed by atoms with Crippen molar-refractivity contribution >= 4 is 17.8 Å². The lowest BCUT2D eigenvalue weighted by atomic mass is 9.96. The number of nitrogens with zero attached hydrogens (tertiary/aromatic N) is 2. The third-order valence-corrected chi connectivity index (χ3v) is 5.62. The second-order valence-corrected chi connectivity index (χ2v) is 8.52. The van der Waals surface area contributed by atoms with Crippen LogP contribution < -0.4 is 10.6 Å². The lowest BCUT2D eigenvalue weighted by Crippen LogP contribution is -2.61. The molecule has 1 aliphatic heterocycles. The summed E-state index contributed by atoms with van der Waals surface area (Å²) in [7, 11) is 0. The van der Waals surface area contributed by atoms with Crippen molar-refractivity contribution in [1.82, 2.24) is 20.4 Å². The van der Waals surface area contributed by atoms with Crippen LogP contribution in [0.15, 0.2) is 30.3 Å². The molecule has 4 amide bonds. The summed E-state index contributed by atoms with van der Waals surface area (Å²) >= 11 is 0. The molecular weight excluding hydrogens is 380 g/mol. The lowest BCUT2D eigenvalue weighted by Gasteiger charge is -2.41. The van der Waals surface area contributed by atoms with Crippen molar-refractivity contribution in [1.29, 1.82) is 0 Å². The molecule has 2 rings (SSSR count). The molecule has 166 valence electrons. The van der Waals surface area contributed by atoms with Gasteiger partial charge in [0.15, 0.2) is 0 Å². The number of urea groups is 1. The van der Waals surface area contributed by atoms with Crippen molar-refractivity contribution in [3.8, 4) is 0 Å². The van der Waals surface area contributed by atoms with E-state index in [1.807, 2.05) is 65.0 Å². The van der Waals surface area contributed by atoms with Gasteiger partial charge in [0.05, 0.1) is 6.42 Å². The highest BCUT2D eigenvalue weighted by molar-refractivity contribution is 5.89. The zero-order valence-corrected chi connectivity index (χ0v) is 18.9. The summed E-state index contributed by atoms with van der Waals surface area (Å²) in [4.78, 5) is 41.8. The summed E-state index contributed by atoms with van der Waals surface area (Å²) in [6, 6.07) is 8.85. The van der Waals surface area contributed by atoms with Crippen LogP contribution in [0.25, 0.3) is 0 Å². The number of benzene rings is 1. The Labute approximate surface area is 180 Å². The average molecular weight is 417 g/mol. The van der Waals surface area contributed by atoms with Gasteiger partial charge in [0.25, 0.3) is 0 Å². The molecule has 1 fully saturated rings. The van der Waals surface area contributed by atoms with Crippen molar-refractivity contribution in [2.75, 3.05) is 19.6 Å². The molecule has 7 nitrogen and oxygen atoms in total. The van der Waals surface area contributed by atoms with E-state index in [9.17, 15) is 14.4 Å². The molecule has 0 saturated carbocycles. The largest absolute Gasteiger partial charge is 0.344 e. The first-order chi connectivity index (χ1) is 14.2. The van der Waals surface area contributed by atoms with Crippen LogP contribution in [-0.4, -0.2) is 65.4 Å². The fraction of sp³-hybridized carbons (Fsp3) is 0.609. The maximum Gasteiger partial charge on any atom is 0.317 e. The van der Waals surface area contributed by atoms with E-state index in [0.717, 1.165) is 12.0 Å². The number of carbonyl (C=O) groups is 3. The summed E-state index contributed by atoms with van der Waals surface area (Å²) in [5, 5.41) is 5.88. The van der Waals surface area contributed by atoms with Crippen LogP contribution in [-0.2, 0) is 16.0 Å². The second kappa shape index (κ2) is 11.0.